The molecule has 0 saturated carbocycles. The van der Waals surface area contributed by atoms with E-state index in [0.717, 1.165) is 30.0 Å². The first-order valence-electron chi connectivity index (χ1n) is 4.08. The molecule has 72 valence electrons. The van der Waals surface area contributed by atoms with E-state index in [1.807, 2.05) is 7.05 Å². The van der Waals surface area contributed by atoms with Crippen LogP contribution in [-0.4, -0.2) is 35.1 Å². The summed E-state index contributed by atoms with van der Waals surface area (Å²) in [6, 6.07) is 0. The lowest BCUT2D eigenvalue weighted by Gasteiger charge is -2.03. The minimum Gasteiger partial charge on any atom is -0.346 e. The van der Waals surface area contributed by atoms with E-state index < -0.39 is 0 Å². The van der Waals surface area contributed by atoms with Crippen LogP contribution in [0.3, 0.4) is 0 Å². The summed E-state index contributed by atoms with van der Waals surface area (Å²) in [6.45, 7) is 0.957. The topological polar surface area (TPSA) is 20.3 Å². The summed E-state index contributed by atoms with van der Waals surface area (Å²) < 4.78 is 0. The molecule has 0 aromatic rings. The number of carbonyl (C=O) groups is 1. The lowest BCUT2D eigenvalue weighted by Crippen LogP contribution is -2.17. The first-order valence-corrected chi connectivity index (χ1v) is 6.32. The monoisotopic (exact) mass is 299 g/mol. The van der Waals surface area contributed by atoms with Crippen molar-refractivity contribution in [2.45, 2.75) is 19.3 Å². The molecular weight excluding hydrogens is 286 g/mol. The van der Waals surface area contributed by atoms with E-state index in [0.29, 0.717) is 5.91 Å². The van der Waals surface area contributed by atoms with Crippen LogP contribution >= 0.6 is 31.9 Å². The zero-order chi connectivity index (χ0) is 9.40. The Bertz CT molecular complexity index is 128. The second-order valence-corrected chi connectivity index (χ2v) is 4.24. The lowest BCUT2D eigenvalue weighted by atomic mass is 10.4. The van der Waals surface area contributed by atoms with E-state index in [4.69, 9.17) is 0 Å². The number of hydrogen-bond donors (Lipinski definition) is 0. The number of amides is 1. The molecule has 0 aliphatic carbocycles. The molecule has 1 aliphatic rings. The number of carbonyl (C=O) groups excluding carboxylic acids is 1. The van der Waals surface area contributed by atoms with Crippen molar-refractivity contribution >= 4 is 37.8 Å². The van der Waals surface area contributed by atoms with Crippen LogP contribution in [0.25, 0.3) is 0 Å². The molecule has 1 fully saturated rings. The Balaban J connectivity index is 0.000000217. The zero-order valence-corrected chi connectivity index (χ0v) is 10.5. The quantitative estimate of drug-likeness (QED) is 0.717. The number of nitrogens with zero attached hydrogens (tertiary/aromatic N) is 1. The lowest BCUT2D eigenvalue weighted by molar-refractivity contribution is -0.126. The van der Waals surface area contributed by atoms with Crippen LogP contribution in [-0.2, 0) is 4.79 Å². The van der Waals surface area contributed by atoms with E-state index in [9.17, 15) is 4.79 Å². The van der Waals surface area contributed by atoms with Crippen LogP contribution in [0.1, 0.15) is 19.3 Å². The SMILES string of the molecule is BrCCCBr.CN1CCCC1=O. The van der Waals surface area contributed by atoms with Gasteiger partial charge < -0.3 is 4.90 Å². The summed E-state index contributed by atoms with van der Waals surface area (Å²) in [4.78, 5) is 12.3. The maximum atomic E-state index is 10.5. The first-order chi connectivity index (χ1) is 5.72. The van der Waals surface area contributed by atoms with E-state index in [2.05, 4.69) is 31.9 Å². The largest absolute Gasteiger partial charge is 0.346 e. The molecule has 0 spiro atoms. The van der Waals surface area contributed by atoms with Gasteiger partial charge in [0.15, 0.2) is 0 Å². The van der Waals surface area contributed by atoms with Gasteiger partial charge in [-0.3, -0.25) is 4.79 Å². The van der Waals surface area contributed by atoms with Gasteiger partial charge in [0.2, 0.25) is 5.91 Å². The molecule has 1 rings (SSSR count). The van der Waals surface area contributed by atoms with Gasteiger partial charge in [-0.1, -0.05) is 31.9 Å². The average Bonchev–Trinajstić information content (AvgIpc) is 2.39. The Morgan fingerprint density at radius 1 is 1.42 bits per heavy atom. The van der Waals surface area contributed by atoms with Crippen molar-refractivity contribution in [2.24, 2.45) is 0 Å². The number of halogens is 2. The van der Waals surface area contributed by atoms with Crippen LogP contribution in [0.15, 0.2) is 0 Å². The Labute approximate surface area is 91.0 Å². The molecule has 1 amide bonds. The minimum absolute atomic E-state index is 0.292. The summed E-state index contributed by atoms with van der Waals surface area (Å²) in [5.74, 6) is 0.292. The molecule has 1 heterocycles. The maximum Gasteiger partial charge on any atom is 0.222 e. The van der Waals surface area contributed by atoms with Crippen LogP contribution < -0.4 is 0 Å². The summed E-state index contributed by atoms with van der Waals surface area (Å²) in [5, 5.41) is 2.22. The van der Waals surface area contributed by atoms with Crippen molar-refractivity contribution in [3.63, 3.8) is 0 Å². The Kier molecular flexibility index (Phi) is 8.34. The third kappa shape index (κ3) is 6.00. The molecule has 0 unspecified atom stereocenters. The molecule has 0 aromatic carbocycles. The standard InChI is InChI=1S/C5H9NO.C3H6Br2/c1-6-4-2-3-5(6)7;4-2-1-3-5/h2-4H2,1H3;1-3H2. The van der Waals surface area contributed by atoms with Crippen molar-refractivity contribution in [3.8, 4) is 0 Å². The predicted octanol–water partition coefficient (Wildman–Crippen LogP) is 2.40. The van der Waals surface area contributed by atoms with E-state index in [1.54, 1.807) is 4.90 Å². The van der Waals surface area contributed by atoms with Gasteiger partial charge in [0, 0.05) is 30.7 Å². The predicted molar refractivity (Wildman–Crippen MR) is 59.1 cm³/mol. The van der Waals surface area contributed by atoms with Crippen LogP contribution in [0.5, 0.6) is 0 Å². The van der Waals surface area contributed by atoms with Gasteiger partial charge in [0.05, 0.1) is 0 Å². The van der Waals surface area contributed by atoms with Crippen molar-refractivity contribution in [2.75, 3.05) is 24.3 Å². The smallest absolute Gasteiger partial charge is 0.222 e. The Morgan fingerprint density at radius 3 is 2.08 bits per heavy atom. The molecule has 0 aromatic heterocycles. The zero-order valence-electron chi connectivity index (χ0n) is 7.35. The van der Waals surface area contributed by atoms with Gasteiger partial charge in [-0.05, 0) is 12.8 Å². The van der Waals surface area contributed by atoms with Crippen molar-refractivity contribution < 1.29 is 4.79 Å². The Morgan fingerprint density at radius 2 is 2.00 bits per heavy atom. The van der Waals surface area contributed by atoms with Gasteiger partial charge in [-0.15, -0.1) is 0 Å². The summed E-state index contributed by atoms with van der Waals surface area (Å²) >= 11 is 6.56. The number of hydrogen-bond acceptors (Lipinski definition) is 1. The average molecular weight is 301 g/mol. The molecule has 1 saturated heterocycles. The highest BCUT2D eigenvalue weighted by Crippen LogP contribution is 2.04. The van der Waals surface area contributed by atoms with Gasteiger partial charge in [-0.25, -0.2) is 0 Å². The fourth-order valence-corrected chi connectivity index (χ4v) is 2.15. The highest BCUT2D eigenvalue weighted by molar-refractivity contribution is 9.09. The summed E-state index contributed by atoms with van der Waals surface area (Å²) in [5.41, 5.74) is 0. The van der Waals surface area contributed by atoms with Gasteiger partial charge in [-0.2, -0.15) is 0 Å². The van der Waals surface area contributed by atoms with E-state index in [-0.39, 0.29) is 0 Å². The highest BCUT2D eigenvalue weighted by atomic mass is 79.9. The molecule has 0 N–H and O–H groups in total. The molecule has 12 heavy (non-hydrogen) atoms. The first kappa shape index (κ1) is 12.4. The molecule has 2 nitrogen and oxygen atoms in total. The number of alkyl halides is 2. The third-order valence-corrected chi connectivity index (χ3v) is 2.70. The Hall–Kier alpha value is 0.430. The van der Waals surface area contributed by atoms with Gasteiger partial charge in [0.25, 0.3) is 0 Å². The number of likely N-dealkylation sites (tertiary alicyclic amines) is 1. The third-order valence-electron chi connectivity index (χ3n) is 1.58. The molecule has 0 bridgehead atoms. The molecule has 4 heteroatoms. The molecule has 1 aliphatic heterocycles. The minimum atomic E-state index is 0.292. The van der Waals surface area contributed by atoms with Gasteiger partial charge in [0.1, 0.15) is 0 Å². The van der Waals surface area contributed by atoms with E-state index in [1.165, 1.54) is 6.42 Å². The second kappa shape index (κ2) is 8.05. The maximum absolute atomic E-state index is 10.5. The van der Waals surface area contributed by atoms with Crippen LogP contribution in [0.2, 0.25) is 0 Å². The highest BCUT2D eigenvalue weighted by Gasteiger charge is 2.14. The van der Waals surface area contributed by atoms with Gasteiger partial charge >= 0.3 is 0 Å². The normalized spacial score (nSPS) is 15.9. The molecule has 0 atom stereocenters. The van der Waals surface area contributed by atoms with Crippen molar-refractivity contribution in [1.82, 2.24) is 4.90 Å². The summed E-state index contributed by atoms with van der Waals surface area (Å²) in [6.07, 6.45) is 3.03. The van der Waals surface area contributed by atoms with Crippen LogP contribution in [0, 0.1) is 0 Å². The van der Waals surface area contributed by atoms with Crippen molar-refractivity contribution in [1.29, 1.82) is 0 Å². The number of rotatable bonds is 2. The molecular formula is C8H15Br2NO. The van der Waals surface area contributed by atoms with Crippen LogP contribution in [0.4, 0.5) is 0 Å². The summed E-state index contributed by atoms with van der Waals surface area (Å²) in [7, 11) is 1.84. The van der Waals surface area contributed by atoms with E-state index >= 15 is 0 Å². The second-order valence-electron chi connectivity index (χ2n) is 2.65. The fraction of sp³-hybridized carbons (Fsp3) is 0.875. The fourth-order valence-electron chi connectivity index (χ4n) is 0.834. The van der Waals surface area contributed by atoms with Crippen molar-refractivity contribution in [3.05, 3.63) is 0 Å². The molecule has 0 radical (unpaired) electrons.